The predicted molar refractivity (Wildman–Crippen MR) is 83.3 cm³/mol. The minimum atomic E-state index is -9.51. The van der Waals surface area contributed by atoms with Gasteiger partial charge in [-0.25, -0.2) is 9.59 Å². The van der Waals surface area contributed by atoms with Gasteiger partial charge < -0.3 is 9.84 Å². The van der Waals surface area contributed by atoms with Gasteiger partial charge in [0.1, 0.15) is 0 Å². The summed E-state index contributed by atoms with van der Waals surface area (Å²) in [6.07, 6.45) is -8.99. The molecule has 254 valence electrons. The van der Waals surface area contributed by atoms with E-state index in [0.29, 0.717) is 0 Å². The first kappa shape index (κ1) is 40.1. The van der Waals surface area contributed by atoms with Crippen molar-refractivity contribution in [2.75, 3.05) is 6.61 Å². The van der Waals surface area contributed by atoms with Crippen LogP contribution in [0.15, 0.2) is 12.2 Å². The lowest BCUT2D eigenvalue weighted by atomic mass is 9.85. The molecule has 0 heterocycles. The van der Waals surface area contributed by atoms with Crippen molar-refractivity contribution in [2.24, 2.45) is 0 Å². The highest BCUT2D eigenvalue weighted by molar-refractivity contribution is 5.90. The summed E-state index contributed by atoms with van der Waals surface area (Å²) >= 11 is 0. The SMILES string of the molecule is O=C(O)/C=C\C(=O)OCC(F)(F)C(F)(F)C(F)(F)C(F)(F)C(F)(F)C(F)(F)C(F)(F)C(F)(F)C(F)(F)C(F)(F)C(F)(F)F. The Balaban J connectivity index is 6.97. The molecule has 0 fully saturated rings. The number of halogens is 23. The lowest BCUT2D eigenvalue weighted by molar-refractivity contribution is -0.478. The Morgan fingerprint density at radius 1 is 0.442 bits per heavy atom. The van der Waals surface area contributed by atoms with Crippen LogP contribution < -0.4 is 0 Å². The summed E-state index contributed by atoms with van der Waals surface area (Å²) in [4.78, 5) is 20.9. The Bertz CT molecular complexity index is 1090. The molecule has 0 aliphatic rings. The maximum atomic E-state index is 13.7. The van der Waals surface area contributed by atoms with Crippen molar-refractivity contribution >= 4 is 11.9 Å². The van der Waals surface area contributed by atoms with E-state index in [0.717, 1.165) is 0 Å². The summed E-state index contributed by atoms with van der Waals surface area (Å²) in [5, 5.41) is 8.08. The van der Waals surface area contributed by atoms with Crippen LogP contribution in [-0.2, 0) is 14.3 Å². The molecule has 0 bridgehead atoms. The average molecular weight is 698 g/mol. The standard InChI is InChI=1S/C16H5F23O4/c17-6(18,3-43-5(42)2-1-4(40)41)7(19,20)8(21,22)9(23,24)10(25,26)11(27,28)12(29,30)13(31,32)14(33,34)15(35,36)16(37,38)39/h1-2H,3H2,(H,40,41)/b2-1-. The number of aliphatic carboxylic acids is 1. The minimum absolute atomic E-state index is 0.353. The highest BCUT2D eigenvalue weighted by Crippen LogP contribution is 2.67. The number of carbonyl (C=O) groups is 2. The monoisotopic (exact) mass is 698 g/mol. The second-order valence-corrected chi connectivity index (χ2v) is 7.65. The van der Waals surface area contributed by atoms with Crippen molar-refractivity contribution in [2.45, 2.75) is 65.4 Å². The summed E-state index contributed by atoms with van der Waals surface area (Å²) in [7, 11) is 0. The van der Waals surface area contributed by atoms with Gasteiger partial charge in [-0.2, -0.15) is 101 Å². The van der Waals surface area contributed by atoms with E-state index in [-0.39, 0.29) is 6.08 Å². The van der Waals surface area contributed by atoms with Gasteiger partial charge >= 0.3 is 77.3 Å². The van der Waals surface area contributed by atoms with Gasteiger partial charge in [0.2, 0.25) is 0 Å². The van der Waals surface area contributed by atoms with E-state index in [9.17, 15) is 111 Å². The molecule has 0 aliphatic heterocycles. The second-order valence-electron chi connectivity index (χ2n) is 7.65. The molecule has 0 spiro atoms. The number of alkyl halides is 23. The summed E-state index contributed by atoms with van der Waals surface area (Å²) in [6.45, 7) is -3.69. The van der Waals surface area contributed by atoms with Crippen LogP contribution in [0.5, 0.6) is 0 Å². The van der Waals surface area contributed by atoms with E-state index < -0.39 is 90.0 Å². The maximum Gasteiger partial charge on any atom is 0.460 e. The number of carboxylic acids is 1. The molecule has 0 aromatic heterocycles. The smallest absolute Gasteiger partial charge is 0.460 e. The van der Waals surface area contributed by atoms with Gasteiger partial charge in [-0.05, 0) is 0 Å². The van der Waals surface area contributed by atoms with Gasteiger partial charge in [0, 0.05) is 12.2 Å². The van der Waals surface area contributed by atoms with Gasteiger partial charge in [-0.1, -0.05) is 0 Å². The number of hydrogen-bond donors (Lipinski definition) is 1. The summed E-state index contributed by atoms with van der Waals surface area (Å²) in [5.74, 6) is -93.9. The quantitative estimate of drug-likeness (QED) is 0.127. The highest BCUT2D eigenvalue weighted by atomic mass is 19.4. The topological polar surface area (TPSA) is 63.6 Å². The van der Waals surface area contributed by atoms with Crippen LogP contribution in [0.2, 0.25) is 0 Å². The zero-order valence-electron chi connectivity index (χ0n) is 18.7. The fourth-order valence-electron chi connectivity index (χ4n) is 2.23. The lowest BCUT2D eigenvalue weighted by Crippen LogP contribution is -2.77. The van der Waals surface area contributed by atoms with Gasteiger partial charge in [-0.3, -0.25) is 0 Å². The summed E-state index contributed by atoms with van der Waals surface area (Å²) in [5.41, 5.74) is 0. The van der Waals surface area contributed by atoms with E-state index in [1.807, 2.05) is 0 Å². The molecule has 0 saturated carbocycles. The number of hydrogen-bond acceptors (Lipinski definition) is 3. The largest absolute Gasteiger partial charge is 0.478 e. The van der Waals surface area contributed by atoms with Crippen LogP contribution in [0.1, 0.15) is 0 Å². The molecule has 27 heteroatoms. The van der Waals surface area contributed by atoms with Crippen molar-refractivity contribution in [3.05, 3.63) is 12.2 Å². The molecule has 43 heavy (non-hydrogen) atoms. The fourth-order valence-corrected chi connectivity index (χ4v) is 2.23. The molecule has 0 aliphatic carbocycles. The number of ether oxygens (including phenoxy) is 1. The Kier molecular flexibility index (Phi) is 9.88. The van der Waals surface area contributed by atoms with Gasteiger partial charge in [0.05, 0.1) is 0 Å². The third kappa shape index (κ3) is 5.58. The van der Waals surface area contributed by atoms with E-state index in [4.69, 9.17) is 5.11 Å². The van der Waals surface area contributed by atoms with E-state index >= 15 is 0 Å². The third-order valence-electron chi connectivity index (χ3n) is 4.73. The fraction of sp³-hybridized carbons (Fsp3) is 0.750. The molecule has 0 aromatic carbocycles. The first-order chi connectivity index (χ1) is 18.3. The number of carboxylic acid groups (broad SMARTS) is 1. The number of esters is 1. The molecule has 0 atom stereocenters. The van der Waals surface area contributed by atoms with Crippen LogP contribution >= 0.6 is 0 Å². The molecule has 0 rings (SSSR count). The molecule has 0 saturated heterocycles. The molecule has 1 N–H and O–H groups in total. The van der Waals surface area contributed by atoms with Crippen LogP contribution in [0.25, 0.3) is 0 Å². The molecular formula is C16H5F23O4. The molecular weight excluding hydrogens is 693 g/mol. The van der Waals surface area contributed by atoms with Crippen molar-refractivity contribution in [3.8, 4) is 0 Å². The Hall–Kier alpha value is -2.93. The van der Waals surface area contributed by atoms with Crippen molar-refractivity contribution in [1.82, 2.24) is 0 Å². The predicted octanol–water partition coefficient (Wildman–Crippen LogP) is 7.09. The van der Waals surface area contributed by atoms with Gasteiger partial charge in [0.15, 0.2) is 6.61 Å². The Morgan fingerprint density at radius 3 is 0.953 bits per heavy atom. The van der Waals surface area contributed by atoms with Crippen molar-refractivity contribution in [3.63, 3.8) is 0 Å². The van der Waals surface area contributed by atoms with Crippen LogP contribution in [-0.4, -0.2) is 89.1 Å². The first-order valence-corrected chi connectivity index (χ1v) is 9.24. The van der Waals surface area contributed by atoms with E-state index in [1.54, 1.807) is 0 Å². The second kappa shape index (κ2) is 10.6. The van der Waals surface area contributed by atoms with Gasteiger partial charge in [-0.15, -0.1) is 0 Å². The average Bonchev–Trinajstić information content (AvgIpc) is 2.79. The van der Waals surface area contributed by atoms with Gasteiger partial charge in [0.25, 0.3) is 0 Å². The first-order valence-electron chi connectivity index (χ1n) is 9.24. The molecule has 4 nitrogen and oxygen atoms in total. The van der Waals surface area contributed by atoms with Crippen LogP contribution in [0.4, 0.5) is 101 Å². The number of carbonyl (C=O) groups excluding carboxylic acids is 1. The minimum Gasteiger partial charge on any atom is -0.478 e. The molecule has 0 amide bonds. The lowest BCUT2D eigenvalue weighted by Gasteiger charge is -2.45. The van der Waals surface area contributed by atoms with Crippen LogP contribution in [0, 0.1) is 0 Å². The highest BCUT2D eigenvalue weighted by Gasteiger charge is 2.98. The zero-order valence-corrected chi connectivity index (χ0v) is 18.7. The molecule has 0 radical (unpaired) electrons. The normalized spacial score (nSPS) is 16.1. The number of rotatable bonds is 13. The Labute approximate surface area is 218 Å². The zero-order chi connectivity index (χ0) is 35.5. The van der Waals surface area contributed by atoms with E-state index in [2.05, 4.69) is 4.74 Å². The molecule has 0 aromatic rings. The summed E-state index contributed by atoms with van der Waals surface area (Å²) in [6, 6.07) is 0. The maximum absolute atomic E-state index is 13.7. The van der Waals surface area contributed by atoms with Crippen molar-refractivity contribution < 1.29 is 120 Å². The Morgan fingerprint density at radius 2 is 0.698 bits per heavy atom. The molecule has 0 unspecified atom stereocenters. The van der Waals surface area contributed by atoms with Crippen molar-refractivity contribution in [1.29, 1.82) is 0 Å². The third-order valence-corrected chi connectivity index (χ3v) is 4.73. The van der Waals surface area contributed by atoms with Crippen LogP contribution in [0.3, 0.4) is 0 Å². The summed E-state index contributed by atoms with van der Waals surface area (Å²) < 4.78 is 308. The van der Waals surface area contributed by atoms with E-state index in [1.165, 1.54) is 0 Å².